The van der Waals surface area contributed by atoms with Crippen LogP contribution in [0, 0.1) is 0 Å². The molecule has 7 nitrogen and oxygen atoms in total. The molecule has 0 radical (unpaired) electrons. The zero-order valence-electron chi connectivity index (χ0n) is 11.4. The van der Waals surface area contributed by atoms with Gasteiger partial charge in [0.1, 0.15) is 0 Å². The van der Waals surface area contributed by atoms with Gasteiger partial charge in [-0.05, 0) is 18.2 Å². The van der Waals surface area contributed by atoms with Crippen molar-refractivity contribution in [2.45, 2.75) is 13.0 Å². The molecule has 0 bridgehead atoms. The van der Waals surface area contributed by atoms with Gasteiger partial charge in [0.15, 0.2) is 5.69 Å². The van der Waals surface area contributed by atoms with E-state index in [0.29, 0.717) is 18.5 Å². The molecule has 2 N–H and O–H groups in total. The Morgan fingerprint density at radius 1 is 1.27 bits per heavy atom. The number of carboxylic acids is 1. The number of hydrogen-bond acceptors (Lipinski definition) is 3. The predicted molar refractivity (Wildman–Crippen MR) is 80.4 cm³/mol. The SMILES string of the molecule is O=C(O)c1nn(-c2cccc(Br)c2)c2c1CN(C(=O)O)CC2. The molecule has 1 aliphatic rings. The van der Waals surface area contributed by atoms with Crippen LogP contribution in [0.2, 0.25) is 0 Å². The van der Waals surface area contributed by atoms with E-state index in [1.807, 2.05) is 24.3 Å². The Morgan fingerprint density at radius 2 is 2.05 bits per heavy atom. The number of halogens is 1. The van der Waals surface area contributed by atoms with Gasteiger partial charge in [-0.25, -0.2) is 14.3 Å². The van der Waals surface area contributed by atoms with Crippen molar-refractivity contribution >= 4 is 28.0 Å². The number of carbonyl (C=O) groups is 2. The highest BCUT2D eigenvalue weighted by atomic mass is 79.9. The summed E-state index contributed by atoms with van der Waals surface area (Å²) in [5.41, 5.74) is 1.84. The third-order valence-corrected chi connectivity index (χ3v) is 4.08. The largest absolute Gasteiger partial charge is 0.476 e. The second kappa shape index (κ2) is 5.45. The van der Waals surface area contributed by atoms with Crippen molar-refractivity contribution in [1.29, 1.82) is 0 Å². The highest BCUT2D eigenvalue weighted by Crippen LogP contribution is 2.26. The first-order valence-corrected chi connectivity index (χ1v) is 7.34. The lowest BCUT2D eigenvalue weighted by molar-refractivity contribution is 0.0686. The molecule has 0 unspecified atom stereocenters. The minimum absolute atomic E-state index is 0.0420. The summed E-state index contributed by atoms with van der Waals surface area (Å²) >= 11 is 3.38. The molecule has 0 saturated carbocycles. The number of nitrogens with zero attached hydrogens (tertiary/aromatic N) is 3. The molecule has 0 spiro atoms. The number of aromatic carboxylic acids is 1. The minimum Gasteiger partial charge on any atom is -0.476 e. The van der Waals surface area contributed by atoms with E-state index in [2.05, 4.69) is 21.0 Å². The number of amides is 1. The summed E-state index contributed by atoms with van der Waals surface area (Å²) in [7, 11) is 0. The average molecular weight is 366 g/mol. The quantitative estimate of drug-likeness (QED) is 0.851. The summed E-state index contributed by atoms with van der Waals surface area (Å²) in [6, 6.07) is 7.36. The fraction of sp³-hybridized carbons (Fsp3) is 0.214. The monoisotopic (exact) mass is 365 g/mol. The van der Waals surface area contributed by atoms with Gasteiger partial charge in [0.05, 0.1) is 17.9 Å². The second-order valence-corrected chi connectivity index (χ2v) is 5.84. The molecule has 8 heteroatoms. The zero-order valence-corrected chi connectivity index (χ0v) is 12.9. The Bertz CT molecular complexity index is 771. The Balaban J connectivity index is 2.13. The van der Waals surface area contributed by atoms with Crippen LogP contribution in [0.3, 0.4) is 0 Å². The van der Waals surface area contributed by atoms with E-state index < -0.39 is 12.1 Å². The molecule has 3 rings (SSSR count). The van der Waals surface area contributed by atoms with Gasteiger partial charge in [0.25, 0.3) is 0 Å². The Hall–Kier alpha value is -2.35. The van der Waals surface area contributed by atoms with Gasteiger partial charge >= 0.3 is 12.1 Å². The van der Waals surface area contributed by atoms with Crippen LogP contribution in [0.15, 0.2) is 28.7 Å². The highest BCUT2D eigenvalue weighted by molar-refractivity contribution is 9.10. The Morgan fingerprint density at radius 3 is 2.68 bits per heavy atom. The second-order valence-electron chi connectivity index (χ2n) is 4.92. The molecule has 1 amide bonds. The van der Waals surface area contributed by atoms with Gasteiger partial charge in [-0.2, -0.15) is 5.10 Å². The van der Waals surface area contributed by atoms with E-state index in [0.717, 1.165) is 15.9 Å². The summed E-state index contributed by atoms with van der Waals surface area (Å²) in [5, 5.41) is 22.6. The van der Waals surface area contributed by atoms with E-state index in [-0.39, 0.29) is 12.2 Å². The van der Waals surface area contributed by atoms with Gasteiger partial charge in [0.2, 0.25) is 0 Å². The van der Waals surface area contributed by atoms with Crippen LogP contribution in [0.5, 0.6) is 0 Å². The van der Waals surface area contributed by atoms with Crippen molar-refractivity contribution in [1.82, 2.24) is 14.7 Å². The summed E-state index contributed by atoms with van der Waals surface area (Å²) in [4.78, 5) is 23.7. The summed E-state index contributed by atoms with van der Waals surface area (Å²) in [5.74, 6) is -1.16. The normalized spacial score (nSPS) is 13.8. The van der Waals surface area contributed by atoms with E-state index >= 15 is 0 Å². The van der Waals surface area contributed by atoms with Gasteiger partial charge in [0, 0.05) is 23.0 Å². The van der Waals surface area contributed by atoms with Crippen molar-refractivity contribution in [3.8, 4) is 5.69 Å². The lowest BCUT2D eigenvalue weighted by Crippen LogP contribution is -2.35. The molecular formula is C14H12BrN3O4. The molecular weight excluding hydrogens is 354 g/mol. The lowest BCUT2D eigenvalue weighted by atomic mass is 10.1. The maximum Gasteiger partial charge on any atom is 0.407 e. The van der Waals surface area contributed by atoms with Crippen LogP contribution < -0.4 is 0 Å². The number of hydrogen-bond donors (Lipinski definition) is 2. The van der Waals surface area contributed by atoms with Crippen molar-refractivity contribution in [3.63, 3.8) is 0 Å². The molecule has 22 heavy (non-hydrogen) atoms. The molecule has 0 atom stereocenters. The number of benzene rings is 1. The molecule has 2 heterocycles. The lowest BCUT2D eigenvalue weighted by Gasteiger charge is -2.24. The topological polar surface area (TPSA) is 95.7 Å². The first kappa shape index (κ1) is 14.6. The van der Waals surface area contributed by atoms with E-state index in [4.69, 9.17) is 5.11 Å². The number of aromatic nitrogens is 2. The maximum absolute atomic E-state index is 11.4. The molecule has 1 aromatic heterocycles. The fourth-order valence-electron chi connectivity index (χ4n) is 2.58. The summed E-state index contributed by atoms with van der Waals surface area (Å²) in [6.45, 7) is 0.362. The summed E-state index contributed by atoms with van der Waals surface area (Å²) < 4.78 is 2.44. The first-order chi connectivity index (χ1) is 10.5. The zero-order chi connectivity index (χ0) is 15.9. The van der Waals surface area contributed by atoms with E-state index in [1.165, 1.54) is 4.90 Å². The standard InChI is InChI=1S/C14H12BrN3O4/c15-8-2-1-3-9(6-8)18-11-4-5-17(14(21)22)7-10(11)12(16-18)13(19)20/h1-3,6H,4-5,7H2,(H,19,20)(H,21,22). The van der Waals surface area contributed by atoms with E-state index in [9.17, 15) is 14.7 Å². The van der Waals surface area contributed by atoms with E-state index in [1.54, 1.807) is 4.68 Å². The van der Waals surface area contributed by atoms with Gasteiger partial charge in [-0.15, -0.1) is 0 Å². The van der Waals surface area contributed by atoms with Crippen molar-refractivity contribution < 1.29 is 19.8 Å². The van der Waals surface area contributed by atoms with Crippen molar-refractivity contribution in [2.24, 2.45) is 0 Å². The smallest absolute Gasteiger partial charge is 0.407 e. The van der Waals surface area contributed by atoms with Crippen LogP contribution in [0.1, 0.15) is 21.7 Å². The maximum atomic E-state index is 11.4. The first-order valence-electron chi connectivity index (χ1n) is 6.55. The minimum atomic E-state index is -1.16. The molecule has 0 saturated heterocycles. The van der Waals surface area contributed by atoms with Gasteiger partial charge < -0.3 is 15.1 Å². The van der Waals surface area contributed by atoms with Gasteiger partial charge in [-0.1, -0.05) is 22.0 Å². The number of fused-ring (bicyclic) bond motifs is 1. The molecule has 0 aliphatic carbocycles. The third kappa shape index (κ3) is 2.45. The van der Waals surface area contributed by atoms with Gasteiger partial charge in [-0.3, -0.25) is 0 Å². The van der Waals surface area contributed by atoms with Crippen LogP contribution in [-0.4, -0.2) is 43.5 Å². The highest BCUT2D eigenvalue weighted by Gasteiger charge is 2.30. The van der Waals surface area contributed by atoms with Crippen LogP contribution in [-0.2, 0) is 13.0 Å². The molecule has 1 aliphatic heterocycles. The molecule has 2 aromatic rings. The van der Waals surface area contributed by atoms with Crippen LogP contribution in [0.4, 0.5) is 4.79 Å². The average Bonchev–Trinajstić information content (AvgIpc) is 2.86. The number of rotatable bonds is 2. The van der Waals surface area contributed by atoms with Crippen molar-refractivity contribution in [3.05, 3.63) is 45.7 Å². The van der Waals surface area contributed by atoms with Crippen LogP contribution >= 0.6 is 15.9 Å². The fourth-order valence-corrected chi connectivity index (χ4v) is 2.96. The van der Waals surface area contributed by atoms with Crippen molar-refractivity contribution in [2.75, 3.05) is 6.54 Å². The number of carboxylic acid groups (broad SMARTS) is 2. The van der Waals surface area contributed by atoms with Crippen LogP contribution in [0.25, 0.3) is 5.69 Å². The Labute approximate surface area is 133 Å². The molecule has 1 aromatic carbocycles. The Kier molecular flexibility index (Phi) is 3.61. The molecule has 114 valence electrons. The molecule has 0 fully saturated rings. The predicted octanol–water partition coefficient (Wildman–Crippen LogP) is 2.37. The summed E-state index contributed by atoms with van der Waals surface area (Å²) in [6.07, 6.45) is -0.633. The third-order valence-electron chi connectivity index (χ3n) is 3.58.